The highest BCUT2D eigenvalue weighted by Gasteiger charge is 2.48. The van der Waals surface area contributed by atoms with E-state index in [-0.39, 0.29) is 33.8 Å². The largest absolute Gasteiger partial charge is 0.364 e. The number of halogens is 2. The zero-order chi connectivity index (χ0) is 27.8. The van der Waals surface area contributed by atoms with Crippen LogP contribution in [0.4, 0.5) is 10.1 Å². The van der Waals surface area contributed by atoms with Crippen molar-refractivity contribution in [1.29, 1.82) is 0 Å². The van der Waals surface area contributed by atoms with E-state index in [9.17, 15) is 14.4 Å². The average molecular weight is 560 g/mol. The maximum absolute atomic E-state index is 15.0. The lowest BCUT2D eigenvalue weighted by Crippen LogP contribution is -2.50. The first-order chi connectivity index (χ1) is 18.7. The van der Waals surface area contributed by atoms with Gasteiger partial charge in [-0.05, 0) is 61.8 Å². The Bertz CT molecular complexity index is 1410. The lowest BCUT2D eigenvalue weighted by Gasteiger charge is -2.27. The SMILES string of the molecule is CC[C@@H](c1cc(Cl)n[nH]c1=O)n1cc(NC(=O)[C@@H](NC(=O)c2conc2C(C)C)C(C2CC2)C2CC2)c(F)n1. The molecule has 2 saturated carbocycles. The highest BCUT2D eigenvalue weighted by Crippen LogP contribution is 2.51. The molecule has 3 aromatic heterocycles. The van der Waals surface area contributed by atoms with E-state index in [1.165, 1.54) is 23.2 Å². The Balaban J connectivity index is 1.40. The number of nitrogens with zero attached hydrogens (tertiary/aromatic N) is 4. The third-order valence-electron chi connectivity index (χ3n) is 7.49. The van der Waals surface area contributed by atoms with E-state index in [1.807, 2.05) is 20.8 Å². The van der Waals surface area contributed by atoms with E-state index in [2.05, 4.69) is 31.1 Å². The first-order valence-electron chi connectivity index (χ1n) is 13.2. The first kappa shape index (κ1) is 27.0. The number of carbonyl (C=O) groups is 2. The fraction of sp³-hybridized carbons (Fsp3) is 0.538. The summed E-state index contributed by atoms with van der Waals surface area (Å²) in [4.78, 5) is 39.3. The standard InChI is InChI=1S/C26H31ClFN7O4/c1-4-18(15-9-19(27)31-32-25(15)37)35-10-17(23(28)33-35)29-26(38)22(20(13-5-6-13)14-7-8-14)30-24(36)16-11-39-34-21(16)12(2)3/h9-14,18,20,22H,4-8H2,1-3H3,(H,29,38)(H,30,36)(H,32,37)/t18-,22-/m0/s1. The summed E-state index contributed by atoms with van der Waals surface area (Å²) in [7, 11) is 0. The normalized spacial score (nSPS) is 16.9. The molecule has 13 heteroatoms. The molecule has 0 bridgehead atoms. The molecule has 0 aromatic carbocycles. The number of amides is 2. The number of hydrogen-bond acceptors (Lipinski definition) is 7. The van der Waals surface area contributed by atoms with E-state index >= 15 is 4.39 Å². The molecule has 39 heavy (non-hydrogen) atoms. The van der Waals surface area contributed by atoms with Gasteiger partial charge >= 0.3 is 0 Å². The number of anilines is 1. The van der Waals surface area contributed by atoms with E-state index in [4.69, 9.17) is 16.1 Å². The molecule has 5 rings (SSSR count). The van der Waals surface area contributed by atoms with Gasteiger partial charge in [-0.15, -0.1) is 5.10 Å². The van der Waals surface area contributed by atoms with Gasteiger partial charge in [-0.2, -0.15) is 9.49 Å². The van der Waals surface area contributed by atoms with Crippen LogP contribution in [-0.2, 0) is 4.79 Å². The van der Waals surface area contributed by atoms with Gasteiger partial charge in [-0.25, -0.2) is 5.10 Å². The summed E-state index contributed by atoms with van der Waals surface area (Å²) >= 11 is 5.96. The molecule has 3 heterocycles. The highest BCUT2D eigenvalue weighted by atomic mass is 35.5. The van der Waals surface area contributed by atoms with Crippen LogP contribution >= 0.6 is 11.6 Å². The van der Waals surface area contributed by atoms with Crippen LogP contribution in [0.1, 0.15) is 86.5 Å². The molecule has 2 atom stereocenters. The summed E-state index contributed by atoms with van der Waals surface area (Å²) in [6.07, 6.45) is 6.97. The minimum Gasteiger partial charge on any atom is -0.364 e. The Kier molecular flexibility index (Phi) is 7.57. The van der Waals surface area contributed by atoms with Crippen LogP contribution < -0.4 is 16.2 Å². The summed E-state index contributed by atoms with van der Waals surface area (Å²) in [6.45, 7) is 5.61. The van der Waals surface area contributed by atoms with E-state index < -0.39 is 35.4 Å². The summed E-state index contributed by atoms with van der Waals surface area (Å²) in [6, 6.07) is -0.109. The molecule has 0 saturated heterocycles. The predicted octanol–water partition coefficient (Wildman–Crippen LogP) is 4.04. The van der Waals surface area contributed by atoms with Crippen molar-refractivity contribution < 1.29 is 18.5 Å². The van der Waals surface area contributed by atoms with Crippen LogP contribution in [0.3, 0.4) is 0 Å². The van der Waals surface area contributed by atoms with Crippen molar-refractivity contribution in [2.24, 2.45) is 17.8 Å². The Morgan fingerprint density at radius 1 is 1.26 bits per heavy atom. The molecule has 2 amide bonds. The summed E-state index contributed by atoms with van der Waals surface area (Å²) < 4.78 is 21.3. The number of rotatable bonds is 11. The molecule has 0 aliphatic heterocycles. The number of aromatic nitrogens is 5. The monoisotopic (exact) mass is 559 g/mol. The van der Waals surface area contributed by atoms with Gasteiger partial charge in [-0.1, -0.05) is 37.5 Å². The van der Waals surface area contributed by atoms with E-state index in [0.29, 0.717) is 24.0 Å². The Labute approximate surface area is 228 Å². The van der Waals surface area contributed by atoms with Crippen molar-refractivity contribution in [1.82, 2.24) is 30.5 Å². The molecule has 208 valence electrons. The summed E-state index contributed by atoms with van der Waals surface area (Å²) in [5, 5.41) is 19.5. The fourth-order valence-corrected chi connectivity index (χ4v) is 5.45. The minimum absolute atomic E-state index is 0.0478. The second-order valence-corrected chi connectivity index (χ2v) is 11.1. The first-order valence-corrected chi connectivity index (χ1v) is 13.6. The minimum atomic E-state index is -0.904. The number of H-pyrrole nitrogens is 1. The third-order valence-corrected chi connectivity index (χ3v) is 7.68. The van der Waals surface area contributed by atoms with Gasteiger partial charge in [0, 0.05) is 5.56 Å². The molecule has 11 nitrogen and oxygen atoms in total. The zero-order valence-corrected chi connectivity index (χ0v) is 22.7. The quantitative estimate of drug-likeness (QED) is 0.321. The summed E-state index contributed by atoms with van der Waals surface area (Å²) in [5.41, 5.74) is 0.429. The van der Waals surface area contributed by atoms with Crippen molar-refractivity contribution in [2.75, 3.05) is 5.32 Å². The maximum Gasteiger partial charge on any atom is 0.269 e. The van der Waals surface area contributed by atoms with Crippen LogP contribution in [0.25, 0.3) is 0 Å². The fourth-order valence-electron chi connectivity index (χ4n) is 5.29. The lowest BCUT2D eigenvalue weighted by atomic mass is 9.88. The van der Waals surface area contributed by atoms with Crippen molar-refractivity contribution in [3.05, 3.63) is 56.8 Å². The second kappa shape index (κ2) is 10.9. The van der Waals surface area contributed by atoms with Crippen molar-refractivity contribution >= 4 is 29.1 Å². The highest BCUT2D eigenvalue weighted by molar-refractivity contribution is 6.29. The molecule has 3 N–H and O–H groups in total. The molecule has 0 unspecified atom stereocenters. The molecule has 3 aromatic rings. The molecular formula is C26H31ClFN7O4. The lowest BCUT2D eigenvalue weighted by molar-refractivity contribution is -0.119. The molecule has 2 aliphatic rings. The number of nitrogens with one attached hydrogen (secondary N) is 3. The van der Waals surface area contributed by atoms with Crippen molar-refractivity contribution in [3.8, 4) is 0 Å². The van der Waals surface area contributed by atoms with Crippen LogP contribution in [-0.4, -0.2) is 43.0 Å². The number of carbonyl (C=O) groups excluding carboxylic acids is 2. The molecule has 2 aliphatic carbocycles. The van der Waals surface area contributed by atoms with E-state index in [1.54, 1.807) is 0 Å². The van der Waals surface area contributed by atoms with Gasteiger partial charge in [-0.3, -0.25) is 19.1 Å². The van der Waals surface area contributed by atoms with Gasteiger partial charge in [0.25, 0.3) is 17.4 Å². The van der Waals surface area contributed by atoms with Crippen molar-refractivity contribution in [2.45, 2.75) is 70.9 Å². The van der Waals surface area contributed by atoms with Gasteiger partial charge in [0.2, 0.25) is 5.91 Å². The average Bonchev–Trinajstić information content (AvgIpc) is 3.83. The smallest absolute Gasteiger partial charge is 0.269 e. The summed E-state index contributed by atoms with van der Waals surface area (Å²) in [5.74, 6) is -1.35. The van der Waals surface area contributed by atoms with Gasteiger partial charge in [0.15, 0.2) is 0 Å². The molecule has 0 radical (unpaired) electrons. The maximum atomic E-state index is 15.0. The van der Waals surface area contributed by atoms with Crippen LogP contribution in [0.5, 0.6) is 0 Å². The molecular weight excluding hydrogens is 529 g/mol. The van der Waals surface area contributed by atoms with Crippen LogP contribution in [0.15, 0.2) is 27.8 Å². The van der Waals surface area contributed by atoms with Gasteiger partial charge < -0.3 is 15.2 Å². The van der Waals surface area contributed by atoms with Gasteiger partial charge in [0.05, 0.1) is 17.9 Å². The molecule has 2 fully saturated rings. The topological polar surface area (TPSA) is 148 Å². The van der Waals surface area contributed by atoms with Gasteiger partial charge in [0.1, 0.15) is 28.7 Å². The van der Waals surface area contributed by atoms with Crippen molar-refractivity contribution in [3.63, 3.8) is 0 Å². The predicted molar refractivity (Wildman–Crippen MR) is 140 cm³/mol. The van der Waals surface area contributed by atoms with E-state index in [0.717, 1.165) is 25.7 Å². The number of hydrogen-bond donors (Lipinski definition) is 3. The van der Waals surface area contributed by atoms with Crippen LogP contribution in [0, 0.1) is 23.7 Å². The van der Waals surface area contributed by atoms with Crippen LogP contribution in [0.2, 0.25) is 5.15 Å². The third kappa shape index (κ3) is 5.75. The Morgan fingerprint density at radius 3 is 2.56 bits per heavy atom. The Hall–Kier alpha value is -3.54. The Morgan fingerprint density at radius 2 is 1.95 bits per heavy atom. The second-order valence-electron chi connectivity index (χ2n) is 10.7. The zero-order valence-electron chi connectivity index (χ0n) is 21.9. The number of aromatic amines is 1. The molecule has 0 spiro atoms.